The highest BCUT2D eigenvalue weighted by Gasteiger charge is 2.34. The van der Waals surface area contributed by atoms with Gasteiger partial charge < -0.3 is 24.2 Å². The third-order valence-electron chi connectivity index (χ3n) is 8.41. The summed E-state index contributed by atoms with van der Waals surface area (Å²) in [6, 6.07) is 21.6. The van der Waals surface area contributed by atoms with E-state index >= 15 is 0 Å². The molecule has 1 N–H and O–H groups in total. The minimum atomic E-state index is -0.118. The number of methoxy groups -OCH3 is 2. The Balaban J connectivity index is 1.27. The Morgan fingerprint density at radius 1 is 0.833 bits per heavy atom. The summed E-state index contributed by atoms with van der Waals surface area (Å²) >= 11 is 0. The Bertz CT molecular complexity index is 1210. The van der Waals surface area contributed by atoms with Crippen molar-refractivity contribution in [1.82, 2.24) is 0 Å². The summed E-state index contributed by atoms with van der Waals surface area (Å²) in [7, 11) is 3.45. The van der Waals surface area contributed by atoms with Gasteiger partial charge in [-0.25, -0.2) is 0 Å². The van der Waals surface area contributed by atoms with E-state index in [1.165, 1.54) is 39.9 Å². The van der Waals surface area contributed by atoms with Gasteiger partial charge in [0.25, 0.3) is 0 Å². The molecule has 2 aliphatic heterocycles. The summed E-state index contributed by atoms with van der Waals surface area (Å²) in [5.41, 5.74) is 8.97. The van der Waals surface area contributed by atoms with Crippen molar-refractivity contribution in [3.05, 3.63) is 94.0 Å². The number of phenols is 1. The van der Waals surface area contributed by atoms with Gasteiger partial charge in [0, 0.05) is 44.8 Å². The monoisotopic (exact) mass is 485 g/mol. The Kier molecular flexibility index (Phi) is 6.46. The molecular formula is C31H35NO4. The van der Waals surface area contributed by atoms with Crippen LogP contribution in [-0.4, -0.2) is 38.7 Å². The summed E-state index contributed by atoms with van der Waals surface area (Å²) < 4.78 is 17.5. The van der Waals surface area contributed by atoms with Crippen molar-refractivity contribution in [2.24, 2.45) is 5.92 Å². The Hall–Kier alpha value is -2.86. The zero-order valence-electron chi connectivity index (χ0n) is 21.2. The van der Waals surface area contributed by atoms with E-state index in [1.54, 1.807) is 20.3 Å². The van der Waals surface area contributed by atoms with Crippen LogP contribution in [0.2, 0.25) is 0 Å². The highest BCUT2D eigenvalue weighted by atomic mass is 16.7. The third-order valence-corrected chi connectivity index (χ3v) is 8.41. The van der Waals surface area contributed by atoms with Gasteiger partial charge in [0.15, 0.2) is 6.29 Å². The molecule has 36 heavy (non-hydrogen) atoms. The SMILES string of the molecule is COC(OC)C1CCN(c2ccc([C@H]3c4ccc(O)cc4CO[C@H]3c3ccc4c(c3)CC4)cc2)CC1. The Morgan fingerprint density at radius 3 is 2.22 bits per heavy atom. The van der Waals surface area contributed by atoms with Gasteiger partial charge in [-0.3, -0.25) is 0 Å². The van der Waals surface area contributed by atoms with Crippen molar-refractivity contribution < 1.29 is 19.3 Å². The number of hydrogen-bond acceptors (Lipinski definition) is 5. The van der Waals surface area contributed by atoms with Crippen molar-refractivity contribution >= 4 is 5.69 Å². The number of nitrogens with zero attached hydrogens (tertiary/aromatic N) is 1. The molecule has 0 unspecified atom stereocenters. The van der Waals surface area contributed by atoms with Crippen molar-refractivity contribution in [2.75, 3.05) is 32.2 Å². The van der Waals surface area contributed by atoms with E-state index in [4.69, 9.17) is 14.2 Å². The van der Waals surface area contributed by atoms with Gasteiger partial charge in [0.2, 0.25) is 0 Å². The van der Waals surface area contributed by atoms with Crippen LogP contribution in [0.15, 0.2) is 60.7 Å². The lowest BCUT2D eigenvalue weighted by molar-refractivity contribution is -0.141. The lowest BCUT2D eigenvalue weighted by Crippen LogP contribution is -2.39. The molecule has 0 spiro atoms. The summed E-state index contributed by atoms with van der Waals surface area (Å²) in [6.45, 7) is 2.51. The molecule has 5 heteroatoms. The molecule has 3 aliphatic rings. The molecule has 1 saturated heterocycles. The molecule has 0 radical (unpaired) electrons. The van der Waals surface area contributed by atoms with Crippen LogP contribution in [0.1, 0.15) is 58.2 Å². The van der Waals surface area contributed by atoms with Crippen molar-refractivity contribution in [1.29, 1.82) is 0 Å². The second kappa shape index (κ2) is 9.89. The maximum Gasteiger partial charge on any atom is 0.159 e. The average Bonchev–Trinajstić information content (AvgIpc) is 2.90. The summed E-state index contributed by atoms with van der Waals surface area (Å²) in [5.74, 6) is 0.807. The van der Waals surface area contributed by atoms with E-state index in [9.17, 15) is 5.11 Å². The largest absolute Gasteiger partial charge is 0.508 e. The van der Waals surface area contributed by atoms with E-state index in [0.29, 0.717) is 18.3 Å². The smallest absolute Gasteiger partial charge is 0.159 e. The van der Waals surface area contributed by atoms with Gasteiger partial charge in [-0.2, -0.15) is 0 Å². The topological polar surface area (TPSA) is 51.2 Å². The van der Waals surface area contributed by atoms with Gasteiger partial charge >= 0.3 is 0 Å². The van der Waals surface area contributed by atoms with Crippen LogP contribution < -0.4 is 4.90 Å². The van der Waals surface area contributed by atoms with Gasteiger partial charge in [0.1, 0.15) is 5.75 Å². The van der Waals surface area contributed by atoms with Crippen molar-refractivity contribution in [2.45, 2.75) is 50.6 Å². The molecule has 0 saturated carbocycles. The number of benzene rings is 3. The van der Waals surface area contributed by atoms with Gasteiger partial charge in [0.05, 0.1) is 12.7 Å². The second-order valence-electron chi connectivity index (χ2n) is 10.4. The zero-order valence-corrected chi connectivity index (χ0v) is 21.2. The Labute approximate surface area is 213 Å². The molecule has 2 heterocycles. The summed E-state index contributed by atoms with van der Waals surface area (Å²) in [6.07, 6.45) is 4.29. The van der Waals surface area contributed by atoms with Gasteiger partial charge in [-0.1, -0.05) is 36.4 Å². The normalized spacial score (nSPS) is 21.7. The number of phenolic OH excluding ortho intramolecular Hbond substituents is 1. The van der Waals surface area contributed by atoms with Crippen LogP contribution >= 0.6 is 0 Å². The number of ether oxygens (including phenoxy) is 3. The third kappa shape index (κ3) is 4.30. The molecule has 1 fully saturated rings. The standard InChI is InChI=1S/C31H35NO4/c1-34-31(35-2)22-13-15-32(16-14-22)26-9-7-21(8-10-26)29-28-12-11-27(33)18-25(28)19-36-30(29)24-6-4-20-3-5-23(20)17-24/h4,6-12,17-18,22,29-31,33H,3,5,13-16,19H2,1-2H3/t29-,30-/m0/s1. The number of hydrogen-bond donors (Lipinski definition) is 1. The molecular weight excluding hydrogens is 450 g/mol. The molecule has 3 aromatic carbocycles. The Morgan fingerprint density at radius 2 is 1.56 bits per heavy atom. The molecule has 0 bridgehead atoms. The lowest BCUT2D eigenvalue weighted by Gasteiger charge is -2.37. The molecule has 1 aliphatic carbocycles. The van der Waals surface area contributed by atoms with Crippen LogP contribution in [0.25, 0.3) is 0 Å². The molecule has 188 valence electrons. The highest BCUT2D eigenvalue weighted by Crippen LogP contribution is 2.46. The predicted octanol–water partition coefficient (Wildman–Crippen LogP) is 5.73. The predicted molar refractivity (Wildman–Crippen MR) is 141 cm³/mol. The highest BCUT2D eigenvalue weighted by molar-refractivity contribution is 5.52. The summed E-state index contributed by atoms with van der Waals surface area (Å²) in [5, 5.41) is 10.1. The molecule has 0 amide bonds. The first-order chi connectivity index (χ1) is 17.6. The molecule has 2 atom stereocenters. The zero-order chi connectivity index (χ0) is 24.6. The number of aryl methyl sites for hydroxylation is 2. The van der Waals surface area contributed by atoms with Crippen molar-refractivity contribution in [3.8, 4) is 5.75 Å². The van der Waals surface area contributed by atoms with Gasteiger partial charge in [-0.15, -0.1) is 0 Å². The van der Waals surface area contributed by atoms with Crippen LogP contribution in [0.3, 0.4) is 0 Å². The van der Waals surface area contributed by atoms with E-state index in [1.807, 2.05) is 6.07 Å². The second-order valence-corrected chi connectivity index (χ2v) is 10.4. The van der Waals surface area contributed by atoms with E-state index in [2.05, 4.69) is 53.4 Å². The number of fused-ring (bicyclic) bond motifs is 2. The van der Waals surface area contributed by atoms with Gasteiger partial charge in [-0.05, 0) is 83.3 Å². The lowest BCUT2D eigenvalue weighted by atomic mass is 9.78. The minimum Gasteiger partial charge on any atom is -0.508 e. The fraction of sp³-hybridized carbons (Fsp3) is 0.419. The quantitative estimate of drug-likeness (QED) is 0.452. The molecule has 3 aromatic rings. The minimum absolute atomic E-state index is 0.0467. The fourth-order valence-corrected chi connectivity index (χ4v) is 6.30. The number of rotatable bonds is 6. The molecule has 0 aromatic heterocycles. The first-order valence-corrected chi connectivity index (χ1v) is 13.1. The maximum atomic E-state index is 10.1. The van der Waals surface area contributed by atoms with E-state index in [0.717, 1.165) is 37.9 Å². The number of aromatic hydroxyl groups is 1. The number of piperidine rings is 1. The first kappa shape index (κ1) is 23.5. The van der Waals surface area contributed by atoms with E-state index in [-0.39, 0.29) is 18.3 Å². The van der Waals surface area contributed by atoms with E-state index < -0.39 is 0 Å². The molecule has 6 rings (SSSR count). The number of anilines is 1. The van der Waals surface area contributed by atoms with Crippen LogP contribution in [0, 0.1) is 5.92 Å². The average molecular weight is 486 g/mol. The van der Waals surface area contributed by atoms with Crippen LogP contribution in [0.4, 0.5) is 5.69 Å². The first-order valence-electron chi connectivity index (χ1n) is 13.1. The summed E-state index contributed by atoms with van der Waals surface area (Å²) in [4.78, 5) is 2.46. The molecule has 5 nitrogen and oxygen atoms in total. The fourth-order valence-electron chi connectivity index (χ4n) is 6.30. The van der Waals surface area contributed by atoms with Crippen molar-refractivity contribution in [3.63, 3.8) is 0 Å². The maximum absolute atomic E-state index is 10.1. The van der Waals surface area contributed by atoms with Crippen LogP contribution in [-0.2, 0) is 33.7 Å². The van der Waals surface area contributed by atoms with Crippen LogP contribution in [0.5, 0.6) is 5.75 Å².